The summed E-state index contributed by atoms with van der Waals surface area (Å²) >= 11 is 0. The fourth-order valence-corrected chi connectivity index (χ4v) is 1.86. The SMILES string of the molecule is Cc1n[nH]c(C)c1CNc1cc(C(F)(F)F)ccc1F. The summed E-state index contributed by atoms with van der Waals surface area (Å²) in [6, 6.07) is 2.29. The Bertz CT molecular complexity index is 597. The molecule has 2 rings (SSSR count). The Hall–Kier alpha value is -2.05. The number of rotatable bonds is 3. The van der Waals surface area contributed by atoms with Crippen molar-refractivity contribution in [3.8, 4) is 0 Å². The van der Waals surface area contributed by atoms with E-state index in [0.717, 1.165) is 35.2 Å². The summed E-state index contributed by atoms with van der Waals surface area (Å²) in [5, 5.41) is 9.40. The molecule has 0 amide bonds. The van der Waals surface area contributed by atoms with Crippen LogP contribution in [0.1, 0.15) is 22.5 Å². The molecule has 1 aromatic carbocycles. The second-order valence-electron chi connectivity index (χ2n) is 4.46. The molecule has 1 aromatic heterocycles. The van der Waals surface area contributed by atoms with Crippen LogP contribution in [0, 0.1) is 19.7 Å². The van der Waals surface area contributed by atoms with Gasteiger partial charge in [0.15, 0.2) is 0 Å². The highest BCUT2D eigenvalue weighted by Gasteiger charge is 2.31. The highest BCUT2D eigenvalue weighted by molar-refractivity contribution is 5.48. The van der Waals surface area contributed by atoms with Crippen molar-refractivity contribution in [2.75, 3.05) is 5.32 Å². The molecule has 3 nitrogen and oxygen atoms in total. The van der Waals surface area contributed by atoms with Crippen LogP contribution in [0.25, 0.3) is 0 Å². The summed E-state index contributed by atoms with van der Waals surface area (Å²) in [5.41, 5.74) is 1.26. The number of hydrogen-bond acceptors (Lipinski definition) is 2. The quantitative estimate of drug-likeness (QED) is 0.843. The van der Waals surface area contributed by atoms with Gasteiger partial charge >= 0.3 is 6.18 Å². The molecule has 108 valence electrons. The van der Waals surface area contributed by atoms with Gasteiger partial charge in [0.2, 0.25) is 0 Å². The van der Waals surface area contributed by atoms with Crippen molar-refractivity contribution in [1.82, 2.24) is 10.2 Å². The van der Waals surface area contributed by atoms with Crippen molar-refractivity contribution in [2.24, 2.45) is 0 Å². The van der Waals surface area contributed by atoms with Gasteiger partial charge in [-0.25, -0.2) is 4.39 Å². The van der Waals surface area contributed by atoms with Crippen LogP contribution in [0.15, 0.2) is 18.2 Å². The predicted octanol–water partition coefficient (Wildman–Crippen LogP) is 3.80. The molecule has 2 N–H and O–H groups in total. The molecule has 20 heavy (non-hydrogen) atoms. The van der Waals surface area contributed by atoms with Crippen molar-refractivity contribution in [1.29, 1.82) is 0 Å². The van der Waals surface area contributed by atoms with E-state index >= 15 is 0 Å². The van der Waals surface area contributed by atoms with Gasteiger partial charge in [0.1, 0.15) is 5.82 Å². The lowest BCUT2D eigenvalue weighted by Gasteiger charge is -2.12. The van der Waals surface area contributed by atoms with Crippen LogP contribution >= 0.6 is 0 Å². The van der Waals surface area contributed by atoms with Crippen LogP contribution in [0.5, 0.6) is 0 Å². The minimum absolute atomic E-state index is 0.181. The maximum Gasteiger partial charge on any atom is 0.416 e. The summed E-state index contributed by atoms with van der Waals surface area (Å²) in [5.74, 6) is -0.725. The van der Waals surface area contributed by atoms with E-state index in [0.29, 0.717) is 0 Å². The first kappa shape index (κ1) is 14.4. The number of aryl methyl sites for hydroxylation is 2. The van der Waals surface area contributed by atoms with Crippen molar-refractivity contribution >= 4 is 5.69 Å². The third kappa shape index (κ3) is 2.92. The first-order chi connectivity index (χ1) is 9.29. The van der Waals surface area contributed by atoms with Crippen LogP contribution < -0.4 is 5.32 Å². The topological polar surface area (TPSA) is 40.7 Å². The zero-order valence-electron chi connectivity index (χ0n) is 10.9. The molecule has 0 aliphatic heterocycles. The summed E-state index contributed by atoms with van der Waals surface area (Å²) in [7, 11) is 0. The fraction of sp³-hybridized carbons (Fsp3) is 0.308. The highest BCUT2D eigenvalue weighted by Crippen LogP contribution is 2.32. The van der Waals surface area contributed by atoms with E-state index in [4.69, 9.17) is 0 Å². The molecule has 0 spiro atoms. The first-order valence-corrected chi connectivity index (χ1v) is 5.90. The first-order valence-electron chi connectivity index (χ1n) is 5.90. The second-order valence-corrected chi connectivity index (χ2v) is 4.46. The normalized spacial score (nSPS) is 11.7. The largest absolute Gasteiger partial charge is 0.416 e. The summed E-state index contributed by atoms with van der Waals surface area (Å²) in [6.07, 6.45) is -4.49. The summed E-state index contributed by atoms with van der Waals surface area (Å²) in [4.78, 5) is 0. The Kier molecular flexibility index (Phi) is 3.69. The van der Waals surface area contributed by atoms with Gasteiger partial charge in [-0.3, -0.25) is 5.10 Å². The Morgan fingerprint density at radius 1 is 1.25 bits per heavy atom. The lowest BCUT2D eigenvalue weighted by Crippen LogP contribution is -2.08. The Labute approximate surface area is 113 Å². The maximum atomic E-state index is 13.5. The molecule has 0 atom stereocenters. The van der Waals surface area contributed by atoms with Crippen LogP contribution in [0.2, 0.25) is 0 Å². The van der Waals surface area contributed by atoms with Gasteiger partial charge in [0, 0.05) is 17.8 Å². The number of halogens is 4. The van der Waals surface area contributed by atoms with E-state index in [1.54, 1.807) is 13.8 Å². The molecular formula is C13H13F4N3. The monoisotopic (exact) mass is 287 g/mol. The number of anilines is 1. The van der Waals surface area contributed by atoms with Gasteiger partial charge in [0.25, 0.3) is 0 Å². The van der Waals surface area contributed by atoms with Gasteiger partial charge in [-0.15, -0.1) is 0 Å². The minimum Gasteiger partial charge on any atom is -0.378 e. The zero-order chi connectivity index (χ0) is 14.9. The molecule has 0 saturated carbocycles. The third-order valence-corrected chi connectivity index (χ3v) is 3.03. The van der Waals surface area contributed by atoms with Crippen LogP contribution in [0.4, 0.5) is 23.2 Å². The van der Waals surface area contributed by atoms with E-state index in [1.807, 2.05) is 0 Å². The van der Waals surface area contributed by atoms with Gasteiger partial charge in [-0.1, -0.05) is 0 Å². The Morgan fingerprint density at radius 2 is 1.95 bits per heavy atom. The Morgan fingerprint density at radius 3 is 2.50 bits per heavy atom. The number of aromatic nitrogens is 2. The van der Waals surface area contributed by atoms with Gasteiger partial charge in [-0.2, -0.15) is 18.3 Å². The van der Waals surface area contributed by atoms with E-state index in [9.17, 15) is 17.6 Å². The van der Waals surface area contributed by atoms with Crippen molar-refractivity contribution in [3.63, 3.8) is 0 Å². The zero-order valence-corrected chi connectivity index (χ0v) is 10.9. The van der Waals surface area contributed by atoms with Gasteiger partial charge in [0.05, 0.1) is 16.9 Å². The molecule has 0 unspecified atom stereocenters. The van der Waals surface area contributed by atoms with Gasteiger partial charge < -0.3 is 5.32 Å². The maximum absolute atomic E-state index is 13.5. The van der Waals surface area contributed by atoms with E-state index in [2.05, 4.69) is 15.5 Å². The Balaban J connectivity index is 2.21. The van der Waals surface area contributed by atoms with Gasteiger partial charge in [-0.05, 0) is 32.0 Å². The second kappa shape index (κ2) is 5.15. The molecular weight excluding hydrogens is 274 g/mol. The lowest BCUT2D eigenvalue weighted by atomic mass is 10.1. The van der Waals surface area contributed by atoms with E-state index in [1.165, 1.54) is 0 Å². The molecule has 0 fully saturated rings. The minimum atomic E-state index is -4.49. The number of alkyl halides is 3. The lowest BCUT2D eigenvalue weighted by molar-refractivity contribution is -0.137. The molecule has 0 bridgehead atoms. The summed E-state index contributed by atoms with van der Waals surface area (Å²) < 4.78 is 51.3. The average Bonchev–Trinajstić information content (AvgIpc) is 2.67. The number of nitrogens with zero attached hydrogens (tertiary/aromatic N) is 1. The predicted molar refractivity (Wildman–Crippen MR) is 66.8 cm³/mol. The average molecular weight is 287 g/mol. The molecule has 0 aliphatic carbocycles. The van der Waals surface area contributed by atoms with E-state index in [-0.39, 0.29) is 12.2 Å². The molecule has 7 heteroatoms. The molecule has 0 radical (unpaired) electrons. The number of hydrogen-bond donors (Lipinski definition) is 2. The van der Waals surface area contributed by atoms with Crippen molar-refractivity contribution in [3.05, 3.63) is 46.5 Å². The number of aromatic amines is 1. The molecule has 2 aromatic rings. The summed E-state index contributed by atoms with van der Waals surface area (Å²) in [6.45, 7) is 3.76. The van der Waals surface area contributed by atoms with E-state index < -0.39 is 17.6 Å². The third-order valence-electron chi connectivity index (χ3n) is 3.03. The van der Waals surface area contributed by atoms with Crippen LogP contribution in [0.3, 0.4) is 0 Å². The number of H-pyrrole nitrogens is 1. The number of benzene rings is 1. The number of nitrogens with one attached hydrogen (secondary N) is 2. The fourth-order valence-electron chi connectivity index (χ4n) is 1.86. The van der Waals surface area contributed by atoms with Crippen molar-refractivity contribution < 1.29 is 17.6 Å². The molecule has 0 aliphatic rings. The molecule has 0 saturated heterocycles. The smallest absolute Gasteiger partial charge is 0.378 e. The highest BCUT2D eigenvalue weighted by atomic mass is 19.4. The van der Waals surface area contributed by atoms with Crippen LogP contribution in [-0.4, -0.2) is 10.2 Å². The standard InChI is InChI=1S/C13H13F4N3/c1-7-10(8(2)20-19-7)6-18-12-5-9(13(15,16)17)3-4-11(12)14/h3-5,18H,6H2,1-2H3,(H,19,20). The molecule has 1 heterocycles. The van der Waals surface area contributed by atoms with Crippen molar-refractivity contribution in [2.45, 2.75) is 26.6 Å². The van der Waals surface area contributed by atoms with Crippen LogP contribution in [-0.2, 0) is 12.7 Å².